The lowest BCUT2D eigenvalue weighted by atomic mass is 9.69. The van der Waals surface area contributed by atoms with Crippen LogP contribution in [0.1, 0.15) is 68.4 Å². The third-order valence-corrected chi connectivity index (χ3v) is 7.04. The smallest absolute Gasteiger partial charge is 0.315 e. The largest absolute Gasteiger partial charge is 0.462 e. The third kappa shape index (κ3) is 3.92. The number of carbonyl (C=O) groups is 2. The third-order valence-electron chi connectivity index (χ3n) is 7.04. The Balaban J connectivity index is 1.53. The van der Waals surface area contributed by atoms with E-state index in [-0.39, 0.29) is 23.8 Å². The van der Waals surface area contributed by atoms with Gasteiger partial charge >= 0.3 is 5.97 Å². The minimum atomic E-state index is -0.587. The number of carbonyl (C=O) groups excluding carboxylic acids is 2. The zero-order valence-corrected chi connectivity index (χ0v) is 18.4. The van der Waals surface area contributed by atoms with Crippen molar-refractivity contribution in [1.29, 1.82) is 0 Å². The zero-order valence-electron chi connectivity index (χ0n) is 18.4. The first kappa shape index (κ1) is 20.8. The molecule has 1 saturated carbocycles. The molecule has 3 atom stereocenters. The van der Waals surface area contributed by atoms with Gasteiger partial charge < -0.3 is 4.74 Å². The van der Waals surface area contributed by atoms with E-state index < -0.39 is 11.8 Å². The number of hydrogen-bond acceptors (Lipinski definition) is 5. The monoisotopic (exact) mass is 428 g/mol. The molecule has 1 fully saturated rings. The summed E-state index contributed by atoms with van der Waals surface area (Å²) in [7, 11) is 0. The molecule has 0 amide bonds. The van der Waals surface area contributed by atoms with Crippen LogP contribution in [0.15, 0.2) is 71.1 Å². The van der Waals surface area contributed by atoms with Gasteiger partial charge in [-0.25, -0.2) is 0 Å². The summed E-state index contributed by atoms with van der Waals surface area (Å²) in [5, 5.41) is 0. The number of aromatic nitrogens is 1. The quantitative estimate of drug-likeness (QED) is 0.632. The van der Waals surface area contributed by atoms with Crippen LogP contribution in [0.4, 0.5) is 0 Å². The first-order valence-electron chi connectivity index (χ1n) is 11.6. The predicted molar refractivity (Wildman–Crippen MR) is 122 cm³/mol. The average molecular weight is 429 g/mol. The topological polar surface area (TPSA) is 68.6 Å². The van der Waals surface area contributed by atoms with Crippen molar-refractivity contribution < 1.29 is 14.3 Å². The minimum absolute atomic E-state index is 0.0234. The number of rotatable bonds is 4. The molecule has 0 bridgehead atoms. The second-order valence-corrected chi connectivity index (χ2v) is 9.14. The standard InChI is InChI=1S/C27H28N2O3/c1-17-24(27(31)32-21-11-5-6-12-21)25(19-10-7-13-28-16-19)26-22(29-17)14-20(15-23(26)30)18-8-3-2-4-9-18/h2-4,7-10,13,16,20-21,24-25H,5-6,11-12,14-15H2,1H3/t20-,24?,25-/m1/s1. The van der Waals surface area contributed by atoms with Gasteiger partial charge in [0.15, 0.2) is 5.78 Å². The molecule has 32 heavy (non-hydrogen) atoms. The van der Waals surface area contributed by atoms with Crippen molar-refractivity contribution in [1.82, 2.24) is 4.98 Å². The van der Waals surface area contributed by atoms with Crippen molar-refractivity contribution >= 4 is 17.5 Å². The summed E-state index contributed by atoms with van der Waals surface area (Å²) >= 11 is 0. The Bertz CT molecular complexity index is 1070. The summed E-state index contributed by atoms with van der Waals surface area (Å²) in [6.45, 7) is 1.89. The Labute approximate surface area is 188 Å². The van der Waals surface area contributed by atoms with Crippen LogP contribution in [-0.2, 0) is 14.3 Å². The van der Waals surface area contributed by atoms with Gasteiger partial charge in [-0.1, -0.05) is 36.4 Å². The highest BCUT2D eigenvalue weighted by atomic mass is 16.5. The summed E-state index contributed by atoms with van der Waals surface area (Å²) in [6.07, 6.45) is 8.60. The summed E-state index contributed by atoms with van der Waals surface area (Å²) in [5.41, 5.74) is 4.23. The lowest BCUT2D eigenvalue weighted by Crippen LogP contribution is -2.39. The van der Waals surface area contributed by atoms with Crippen LogP contribution in [-0.4, -0.2) is 28.6 Å². The van der Waals surface area contributed by atoms with Crippen LogP contribution in [0, 0.1) is 5.92 Å². The summed E-state index contributed by atoms with van der Waals surface area (Å²) in [4.78, 5) is 36.0. The fourth-order valence-electron chi connectivity index (χ4n) is 5.49. The van der Waals surface area contributed by atoms with Gasteiger partial charge in [0.05, 0.1) is 0 Å². The van der Waals surface area contributed by atoms with E-state index in [4.69, 9.17) is 9.73 Å². The summed E-state index contributed by atoms with van der Waals surface area (Å²) in [5.74, 6) is -1.07. The van der Waals surface area contributed by atoms with Crippen molar-refractivity contribution in [3.8, 4) is 0 Å². The van der Waals surface area contributed by atoms with Crippen LogP contribution in [0.2, 0.25) is 0 Å². The Morgan fingerprint density at radius 1 is 1.00 bits per heavy atom. The fraction of sp³-hybridized carbons (Fsp3) is 0.407. The van der Waals surface area contributed by atoms with E-state index in [2.05, 4.69) is 17.1 Å². The van der Waals surface area contributed by atoms with Gasteiger partial charge in [0.2, 0.25) is 0 Å². The second-order valence-electron chi connectivity index (χ2n) is 9.14. The van der Waals surface area contributed by atoms with Gasteiger partial charge in [-0.15, -0.1) is 0 Å². The van der Waals surface area contributed by atoms with E-state index >= 15 is 0 Å². The van der Waals surface area contributed by atoms with Crippen molar-refractivity contribution in [2.75, 3.05) is 0 Å². The molecule has 3 aliphatic rings. The highest BCUT2D eigenvalue weighted by molar-refractivity contribution is 6.09. The molecule has 2 heterocycles. The Kier molecular flexibility index (Phi) is 5.73. The highest BCUT2D eigenvalue weighted by Gasteiger charge is 2.45. The molecule has 2 aliphatic carbocycles. The SMILES string of the molecule is CC1=NC2=C(C(=O)C[C@H](c3ccccc3)C2)[C@H](c2cccnc2)C1C(=O)OC1CCCC1. The van der Waals surface area contributed by atoms with Gasteiger partial charge in [0.1, 0.15) is 12.0 Å². The van der Waals surface area contributed by atoms with Gasteiger partial charge in [0.25, 0.3) is 0 Å². The molecular formula is C27H28N2O3. The van der Waals surface area contributed by atoms with Crippen molar-refractivity contribution in [2.45, 2.75) is 63.4 Å². The lowest BCUT2D eigenvalue weighted by molar-refractivity contribution is -0.151. The normalized spacial score (nSPS) is 26.0. The molecule has 0 spiro atoms. The number of nitrogens with zero attached hydrogens (tertiary/aromatic N) is 2. The Hall–Kier alpha value is -3.08. The summed E-state index contributed by atoms with van der Waals surface area (Å²) < 4.78 is 5.90. The number of hydrogen-bond donors (Lipinski definition) is 0. The Morgan fingerprint density at radius 2 is 1.75 bits per heavy atom. The molecule has 1 aromatic heterocycles. The number of aliphatic imine (C=N–C) groups is 1. The van der Waals surface area contributed by atoms with E-state index in [1.54, 1.807) is 12.4 Å². The maximum absolute atomic E-state index is 13.5. The molecule has 0 radical (unpaired) electrons. The fourth-order valence-corrected chi connectivity index (χ4v) is 5.49. The maximum atomic E-state index is 13.5. The van der Waals surface area contributed by atoms with Crippen LogP contribution < -0.4 is 0 Å². The first-order chi connectivity index (χ1) is 15.6. The Morgan fingerprint density at radius 3 is 2.47 bits per heavy atom. The second kappa shape index (κ2) is 8.81. The molecule has 2 aromatic rings. The van der Waals surface area contributed by atoms with E-state index in [1.807, 2.05) is 37.3 Å². The number of benzene rings is 1. The minimum Gasteiger partial charge on any atom is -0.462 e. The lowest BCUT2D eigenvalue weighted by Gasteiger charge is -2.36. The number of allylic oxidation sites excluding steroid dienone is 2. The van der Waals surface area contributed by atoms with Crippen LogP contribution in [0.25, 0.3) is 0 Å². The number of ketones is 1. The van der Waals surface area contributed by atoms with E-state index in [9.17, 15) is 9.59 Å². The summed E-state index contributed by atoms with van der Waals surface area (Å²) in [6, 6.07) is 14.0. The van der Waals surface area contributed by atoms with Gasteiger partial charge in [-0.05, 0) is 62.1 Å². The van der Waals surface area contributed by atoms with Crippen LogP contribution in [0.5, 0.6) is 0 Å². The number of Topliss-reactive ketones (excluding diaryl/α,β-unsaturated/α-hetero) is 1. The average Bonchev–Trinajstić information content (AvgIpc) is 3.32. The molecule has 5 nitrogen and oxygen atoms in total. The molecule has 0 saturated heterocycles. The molecule has 5 heteroatoms. The highest BCUT2D eigenvalue weighted by Crippen LogP contribution is 2.46. The van der Waals surface area contributed by atoms with Gasteiger partial charge in [-0.2, -0.15) is 0 Å². The van der Waals surface area contributed by atoms with E-state index in [0.717, 1.165) is 48.2 Å². The van der Waals surface area contributed by atoms with E-state index in [1.165, 1.54) is 0 Å². The van der Waals surface area contributed by atoms with Crippen LogP contribution in [0.3, 0.4) is 0 Å². The molecular weight excluding hydrogens is 400 g/mol. The number of esters is 1. The van der Waals surface area contributed by atoms with Gasteiger partial charge in [-0.3, -0.25) is 19.6 Å². The molecule has 5 rings (SSSR count). The predicted octanol–water partition coefficient (Wildman–Crippen LogP) is 5.14. The van der Waals surface area contributed by atoms with E-state index in [0.29, 0.717) is 18.4 Å². The number of pyridine rings is 1. The first-order valence-corrected chi connectivity index (χ1v) is 11.6. The zero-order chi connectivity index (χ0) is 22.1. The molecule has 1 aliphatic heterocycles. The maximum Gasteiger partial charge on any atom is 0.315 e. The van der Waals surface area contributed by atoms with Crippen molar-refractivity contribution in [3.63, 3.8) is 0 Å². The number of ether oxygens (including phenoxy) is 1. The molecule has 164 valence electrons. The van der Waals surface area contributed by atoms with Crippen molar-refractivity contribution in [3.05, 3.63) is 77.3 Å². The molecule has 1 aromatic carbocycles. The molecule has 0 N–H and O–H groups in total. The van der Waals surface area contributed by atoms with Gasteiger partial charge in [0, 0.05) is 41.7 Å². The van der Waals surface area contributed by atoms with Crippen molar-refractivity contribution in [2.24, 2.45) is 10.9 Å². The molecule has 1 unspecified atom stereocenters. The van der Waals surface area contributed by atoms with Crippen LogP contribution >= 0.6 is 0 Å².